The number of aromatic nitrogens is 3. The lowest BCUT2D eigenvalue weighted by Crippen LogP contribution is -2.04. The van der Waals surface area contributed by atoms with E-state index in [1.807, 2.05) is 34.9 Å². The Morgan fingerprint density at radius 2 is 2.14 bits per heavy atom. The average Bonchev–Trinajstić information content (AvgIpc) is 2.96. The molecule has 0 saturated carbocycles. The highest BCUT2D eigenvalue weighted by atomic mass is 79.9. The Hall–Kier alpha value is -2.34. The molecule has 0 bridgehead atoms. The Bertz CT molecular complexity index is 811. The van der Waals surface area contributed by atoms with Gasteiger partial charge in [-0.05, 0) is 39.7 Å². The lowest BCUT2D eigenvalue weighted by atomic mass is 10.2. The Kier molecular flexibility index (Phi) is 4.11. The maximum absolute atomic E-state index is 5.16. The van der Waals surface area contributed by atoms with Crippen molar-refractivity contribution in [3.05, 3.63) is 59.1 Å². The minimum absolute atomic E-state index is 0.652. The molecule has 22 heavy (non-hydrogen) atoms. The van der Waals surface area contributed by atoms with E-state index in [0.717, 1.165) is 33.1 Å². The molecule has 5 nitrogen and oxygen atoms in total. The van der Waals surface area contributed by atoms with Crippen LogP contribution in [0, 0.1) is 0 Å². The predicted octanol–water partition coefficient (Wildman–Crippen LogP) is 3.76. The monoisotopic (exact) mass is 358 g/mol. The molecule has 0 spiro atoms. The van der Waals surface area contributed by atoms with Gasteiger partial charge in [0.1, 0.15) is 10.4 Å². The molecule has 0 radical (unpaired) electrons. The Labute approximate surface area is 136 Å². The third-order valence-corrected chi connectivity index (χ3v) is 3.70. The van der Waals surface area contributed by atoms with Crippen LogP contribution in [-0.2, 0) is 6.54 Å². The van der Waals surface area contributed by atoms with Crippen LogP contribution in [0.1, 0.15) is 11.3 Å². The van der Waals surface area contributed by atoms with Crippen LogP contribution in [0.15, 0.2) is 47.8 Å². The van der Waals surface area contributed by atoms with Gasteiger partial charge in [0.25, 0.3) is 0 Å². The number of hydrogen-bond acceptors (Lipinski definition) is 4. The molecule has 0 amide bonds. The predicted molar refractivity (Wildman–Crippen MR) is 91.1 cm³/mol. The first-order valence-electron chi connectivity index (χ1n) is 6.74. The zero-order valence-electron chi connectivity index (χ0n) is 12.1. The molecule has 6 heteroatoms. The molecule has 0 atom stereocenters. The fourth-order valence-corrected chi connectivity index (χ4v) is 2.56. The molecule has 2 heterocycles. The summed E-state index contributed by atoms with van der Waals surface area (Å²) in [4.78, 5) is 8.86. The summed E-state index contributed by atoms with van der Waals surface area (Å²) in [5.41, 5.74) is 2.83. The molecule has 0 saturated heterocycles. The van der Waals surface area contributed by atoms with Crippen LogP contribution < -0.4 is 10.1 Å². The number of fused-ring (bicyclic) bond motifs is 1. The van der Waals surface area contributed by atoms with Crippen LogP contribution in [0.25, 0.3) is 11.7 Å². The van der Waals surface area contributed by atoms with E-state index < -0.39 is 0 Å². The lowest BCUT2D eigenvalue weighted by Gasteiger charge is -2.09. The summed E-state index contributed by atoms with van der Waals surface area (Å²) < 4.78 is 7.84. The number of methoxy groups -OCH3 is 1. The maximum Gasteiger partial charge on any atom is 0.180 e. The smallest absolute Gasteiger partial charge is 0.180 e. The summed E-state index contributed by atoms with van der Waals surface area (Å²) in [6.07, 6.45) is 5.41. The van der Waals surface area contributed by atoms with E-state index in [1.165, 1.54) is 0 Å². The standard InChI is InChI=1S/C16H15BrN4O/c1-3-12-9-19-16-15(20-14(17)10-21(12)16)18-8-11-4-6-13(22-2)7-5-11/h3-7,9-10H,1,8H2,2H3,(H,18,20). The second kappa shape index (κ2) is 6.19. The number of hydrogen-bond donors (Lipinski definition) is 1. The first kappa shape index (κ1) is 14.6. The second-order valence-electron chi connectivity index (χ2n) is 4.69. The van der Waals surface area contributed by atoms with Crippen molar-refractivity contribution in [1.82, 2.24) is 14.4 Å². The largest absolute Gasteiger partial charge is 0.497 e. The highest BCUT2D eigenvalue weighted by molar-refractivity contribution is 9.10. The van der Waals surface area contributed by atoms with Gasteiger partial charge in [-0.1, -0.05) is 18.7 Å². The van der Waals surface area contributed by atoms with Crippen molar-refractivity contribution in [3.8, 4) is 5.75 Å². The number of nitrogens with one attached hydrogen (secondary N) is 1. The molecule has 2 aromatic heterocycles. The summed E-state index contributed by atoms with van der Waals surface area (Å²) in [5.74, 6) is 1.56. The third-order valence-electron chi connectivity index (χ3n) is 3.32. The number of nitrogens with zero attached hydrogens (tertiary/aromatic N) is 3. The first-order chi connectivity index (χ1) is 10.7. The zero-order chi connectivity index (χ0) is 15.5. The van der Waals surface area contributed by atoms with Gasteiger partial charge in [0.05, 0.1) is 19.0 Å². The molecule has 0 aliphatic heterocycles. The Morgan fingerprint density at radius 1 is 1.36 bits per heavy atom. The number of imidazole rings is 1. The van der Waals surface area contributed by atoms with Crippen LogP contribution in [0.5, 0.6) is 5.75 Å². The van der Waals surface area contributed by atoms with E-state index in [9.17, 15) is 0 Å². The van der Waals surface area contributed by atoms with E-state index in [2.05, 4.69) is 37.8 Å². The Morgan fingerprint density at radius 3 is 2.82 bits per heavy atom. The van der Waals surface area contributed by atoms with Gasteiger partial charge in [0.2, 0.25) is 0 Å². The van der Waals surface area contributed by atoms with Crippen LogP contribution >= 0.6 is 15.9 Å². The number of ether oxygens (including phenoxy) is 1. The lowest BCUT2D eigenvalue weighted by molar-refractivity contribution is 0.414. The minimum Gasteiger partial charge on any atom is -0.497 e. The van der Waals surface area contributed by atoms with Crippen LogP contribution in [-0.4, -0.2) is 21.5 Å². The van der Waals surface area contributed by atoms with E-state index in [1.54, 1.807) is 19.4 Å². The summed E-state index contributed by atoms with van der Waals surface area (Å²) in [6.45, 7) is 4.45. The van der Waals surface area contributed by atoms with Gasteiger partial charge in [-0.15, -0.1) is 0 Å². The molecule has 0 fully saturated rings. The van der Waals surface area contributed by atoms with Crippen molar-refractivity contribution in [2.75, 3.05) is 12.4 Å². The van der Waals surface area contributed by atoms with Gasteiger partial charge < -0.3 is 10.1 Å². The molecule has 3 aromatic rings. The van der Waals surface area contributed by atoms with Crippen molar-refractivity contribution in [2.24, 2.45) is 0 Å². The molecular formula is C16H15BrN4O. The molecular weight excluding hydrogens is 344 g/mol. The number of anilines is 1. The maximum atomic E-state index is 5.16. The fraction of sp³-hybridized carbons (Fsp3) is 0.125. The first-order valence-corrected chi connectivity index (χ1v) is 7.53. The number of rotatable bonds is 5. The molecule has 3 rings (SSSR count). The molecule has 0 unspecified atom stereocenters. The molecule has 112 valence electrons. The molecule has 1 N–H and O–H groups in total. The van der Waals surface area contributed by atoms with Gasteiger partial charge in [-0.2, -0.15) is 0 Å². The van der Waals surface area contributed by atoms with Gasteiger partial charge in [0.15, 0.2) is 11.5 Å². The topological polar surface area (TPSA) is 51.5 Å². The van der Waals surface area contributed by atoms with Gasteiger partial charge >= 0.3 is 0 Å². The number of benzene rings is 1. The van der Waals surface area contributed by atoms with Crippen molar-refractivity contribution in [3.63, 3.8) is 0 Å². The SMILES string of the molecule is C=Cc1cnc2c(NCc3ccc(OC)cc3)nc(Br)cn12. The van der Waals surface area contributed by atoms with Gasteiger partial charge in [-0.3, -0.25) is 4.40 Å². The van der Waals surface area contributed by atoms with Crippen LogP contribution in [0.2, 0.25) is 0 Å². The van der Waals surface area contributed by atoms with Crippen molar-refractivity contribution >= 4 is 33.5 Å². The third kappa shape index (κ3) is 2.82. The fourth-order valence-electron chi connectivity index (χ4n) is 2.18. The van der Waals surface area contributed by atoms with E-state index in [4.69, 9.17) is 4.74 Å². The Balaban J connectivity index is 1.86. The normalized spacial score (nSPS) is 10.6. The van der Waals surface area contributed by atoms with Crippen LogP contribution in [0.4, 0.5) is 5.82 Å². The van der Waals surface area contributed by atoms with Gasteiger partial charge in [-0.25, -0.2) is 9.97 Å². The quantitative estimate of drug-likeness (QED) is 0.754. The highest BCUT2D eigenvalue weighted by Gasteiger charge is 2.09. The summed E-state index contributed by atoms with van der Waals surface area (Å²) >= 11 is 3.43. The summed E-state index contributed by atoms with van der Waals surface area (Å²) in [5, 5.41) is 3.32. The van der Waals surface area contributed by atoms with Crippen molar-refractivity contribution in [2.45, 2.75) is 6.54 Å². The van der Waals surface area contributed by atoms with E-state index in [-0.39, 0.29) is 0 Å². The van der Waals surface area contributed by atoms with Crippen LogP contribution in [0.3, 0.4) is 0 Å². The van der Waals surface area contributed by atoms with Crippen molar-refractivity contribution in [1.29, 1.82) is 0 Å². The molecule has 1 aromatic carbocycles. The minimum atomic E-state index is 0.652. The average molecular weight is 359 g/mol. The van der Waals surface area contributed by atoms with E-state index >= 15 is 0 Å². The summed E-state index contributed by atoms with van der Waals surface area (Å²) in [6, 6.07) is 7.90. The van der Waals surface area contributed by atoms with Crippen molar-refractivity contribution < 1.29 is 4.74 Å². The van der Waals surface area contributed by atoms with Gasteiger partial charge in [0, 0.05) is 12.7 Å². The molecule has 0 aliphatic rings. The summed E-state index contributed by atoms with van der Waals surface area (Å²) in [7, 11) is 1.66. The zero-order valence-corrected chi connectivity index (χ0v) is 13.7. The second-order valence-corrected chi connectivity index (χ2v) is 5.51. The highest BCUT2D eigenvalue weighted by Crippen LogP contribution is 2.20. The number of halogens is 1. The van der Waals surface area contributed by atoms with E-state index in [0.29, 0.717) is 6.54 Å². The molecule has 0 aliphatic carbocycles.